The molecule has 0 spiro atoms. The molecule has 0 aliphatic rings. The monoisotopic (exact) mass is 187 g/mol. The summed E-state index contributed by atoms with van der Waals surface area (Å²) in [5.74, 6) is 0. The van der Waals surface area contributed by atoms with Crippen molar-refractivity contribution in [2.45, 2.75) is 59.1 Å². The Kier molecular flexibility index (Phi) is 6.35. The number of nitrogens with one attached hydrogen (secondary N) is 1. The van der Waals surface area contributed by atoms with Gasteiger partial charge in [0.15, 0.2) is 0 Å². The fourth-order valence-electron chi connectivity index (χ4n) is 1.01. The zero-order chi connectivity index (χ0) is 10.3. The Morgan fingerprint density at radius 1 is 1.15 bits per heavy atom. The van der Waals surface area contributed by atoms with Crippen molar-refractivity contribution in [3.05, 3.63) is 0 Å². The minimum absolute atomic E-state index is 0.249. The second-order valence-corrected chi connectivity index (χ2v) is 4.80. The summed E-state index contributed by atoms with van der Waals surface area (Å²) in [6, 6.07) is 0. The fraction of sp³-hybridized carbons (Fsp3) is 1.00. The Bertz CT molecular complexity index is 116. The summed E-state index contributed by atoms with van der Waals surface area (Å²) in [5, 5.41) is 3.45. The van der Waals surface area contributed by atoms with Crippen molar-refractivity contribution in [3.63, 3.8) is 0 Å². The molecule has 1 N–H and O–H groups in total. The SMILES string of the molecule is CC(C)OCCCCNC(C)(C)C. The first kappa shape index (κ1) is 12.9. The molecule has 0 amide bonds. The Labute approximate surface area is 83.1 Å². The van der Waals surface area contributed by atoms with E-state index in [4.69, 9.17) is 4.74 Å². The van der Waals surface area contributed by atoms with Crippen molar-refractivity contribution < 1.29 is 4.74 Å². The van der Waals surface area contributed by atoms with Gasteiger partial charge in [-0.1, -0.05) is 0 Å². The quantitative estimate of drug-likeness (QED) is 0.645. The molecule has 0 bridgehead atoms. The molecule has 0 aliphatic carbocycles. The number of hydrogen-bond acceptors (Lipinski definition) is 2. The molecule has 0 atom stereocenters. The molecule has 0 heterocycles. The molecule has 0 saturated heterocycles. The van der Waals surface area contributed by atoms with Crippen LogP contribution in [0.4, 0.5) is 0 Å². The molecule has 0 saturated carbocycles. The van der Waals surface area contributed by atoms with Crippen LogP contribution in [0.5, 0.6) is 0 Å². The molecule has 0 fully saturated rings. The van der Waals surface area contributed by atoms with Gasteiger partial charge in [-0.2, -0.15) is 0 Å². The van der Waals surface area contributed by atoms with Crippen LogP contribution < -0.4 is 5.32 Å². The van der Waals surface area contributed by atoms with E-state index in [9.17, 15) is 0 Å². The number of ether oxygens (including phenoxy) is 1. The predicted octanol–water partition coefficient (Wildman–Crippen LogP) is 2.58. The highest BCUT2D eigenvalue weighted by atomic mass is 16.5. The number of unbranched alkanes of at least 4 members (excludes halogenated alkanes) is 1. The molecule has 0 aliphatic heterocycles. The molecule has 0 aromatic heterocycles. The Hall–Kier alpha value is -0.0800. The van der Waals surface area contributed by atoms with E-state index >= 15 is 0 Å². The van der Waals surface area contributed by atoms with Gasteiger partial charge in [-0.05, 0) is 54.0 Å². The molecule has 2 nitrogen and oxygen atoms in total. The van der Waals surface area contributed by atoms with Gasteiger partial charge in [0.1, 0.15) is 0 Å². The lowest BCUT2D eigenvalue weighted by Gasteiger charge is -2.20. The fourth-order valence-corrected chi connectivity index (χ4v) is 1.01. The number of rotatable bonds is 6. The van der Waals surface area contributed by atoms with Gasteiger partial charge in [-0.3, -0.25) is 0 Å². The summed E-state index contributed by atoms with van der Waals surface area (Å²) in [6.07, 6.45) is 2.72. The third-order valence-electron chi connectivity index (χ3n) is 1.68. The van der Waals surface area contributed by atoms with Crippen LogP contribution in [0.2, 0.25) is 0 Å². The maximum atomic E-state index is 5.45. The summed E-state index contributed by atoms with van der Waals surface area (Å²) < 4.78 is 5.45. The summed E-state index contributed by atoms with van der Waals surface area (Å²) >= 11 is 0. The third kappa shape index (κ3) is 11.9. The summed E-state index contributed by atoms with van der Waals surface area (Å²) in [4.78, 5) is 0. The molecule has 2 heteroatoms. The standard InChI is InChI=1S/C11H25NO/c1-10(2)13-9-7-6-8-12-11(3,4)5/h10,12H,6-9H2,1-5H3. The zero-order valence-electron chi connectivity index (χ0n) is 9.81. The second-order valence-electron chi connectivity index (χ2n) is 4.80. The van der Waals surface area contributed by atoms with Gasteiger partial charge in [0.25, 0.3) is 0 Å². The highest BCUT2D eigenvalue weighted by molar-refractivity contribution is 4.69. The molecular formula is C11H25NO. The highest BCUT2D eigenvalue weighted by Crippen LogP contribution is 1.99. The smallest absolute Gasteiger partial charge is 0.0518 e. The first-order chi connectivity index (χ1) is 5.92. The van der Waals surface area contributed by atoms with Crippen LogP contribution in [0, 0.1) is 0 Å². The van der Waals surface area contributed by atoms with Crippen molar-refractivity contribution in [1.29, 1.82) is 0 Å². The third-order valence-corrected chi connectivity index (χ3v) is 1.68. The van der Waals surface area contributed by atoms with Crippen LogP contribution in [-0.2, 0) is 4.74 Å². The van der Waals surface area contributed by atoms with Gasteiger partial charge in [0.2, 0.25) is 0 Å². The van der Waals surface area contributed by atoms with Crippen LogP contribution in [0.1, 0.15) is 47.5 Å². The van der Waals surface area contributed by atoms with Gasteiger partial charge in [-0.15, -0.1) is 0 Å². The minimum atomic E-state index is 0.249. The second kappa shape index (κ2) is 6.39. The van der Waals surface area contributed by atoms with Crippen molar-refractivity contribution in [2.75, 3.05) is 13.2 Å². The van der Waals surface area contributed by atoms with E-state index in [1.54, 1.807) is 0 Å². The normalized spacial score (nSPS) is 12.5. The van der Waals surface area contributed by atoms with E-state index < -0.39 is 0 Å². The lowest BCUT2D eigenvalue weighted by Crippen LogP contribution is -2.36. The molecule has 0 aromatic rings. The lowest BCUT2D eigenvalue weighted by atomic mass is 10.1. The van der Waals surface area contributed by atoms with Gasteiger partial charge in [0.05, 0.1) is 6.10 Å². The van der Waals surface area contributed by atoms with Crippen LogP contribution in [0.25, 0.3) is 0 Å². The minimum Gasteiger partial charge on any atom is -0.379 e. The van der Waals surface area contributed by atoms with Gasteiger partial charge in [-0.25, -0.2) is 0 Å². The van der Waals surface area contributed by atoms with Gasteiger partial charge in [0, 0.05) is 12.1 Å². The topological polar surface area (TPSA) is 21.3 Å². The lowest BCUT2D eigenvalue weighted by molar-refractivity contribution is 0.0758. The van der Waals surface area contributed by atoms with Crippen molar-refractivity contribution in [1.82, 2.24) is 5.32 Å². The first-order valence-corrected chi connectivity index (χ1v) is 5.28. The Morgan fingerprint density at radius 3 is 2.23 bits per heavy atom. The Balaban J connectivity index is 3.09. The maximum absolute atomic E-state index is 5.45. The summed E-state index contributed by atoms with van der Waals surface area (Å²) in [5.41, 5.74) is 0.249. The van der Waals surface area contributed by atoms with Crippen LogP contribution in [0.15, 0.2) is 0 Å². The predicted molar refractivity (Wildman–Crippen MR) is 58.1 cm³/mol. The molecule has 80 valence electrons. The van der Waals surface area contributed by atoms with E-state index in [2.05, 4.69) is 39.9 Å². The van der Waals surface area contributed by atoms with Crippen LogP contribution >= 0.6 is 0 Å². The van der Waals surface area contributed by atoms with Crippen molar-refractivity contribution in [3.8, 4) is 0 Å². The van der Waals surface area contributed by atoms with Gasteiger partial charge < -0.3 is 10.1 Å². The average Bonchev–Trinajstić information content (AvgIpc) is 1.93. The molecular weight excluding hydrogens is 162 g/mol. The first-order valence-electron chi connectivity index (χ1n) is 5.28. The average molecular weight is 187 g/mol. The van der Waals surface area contributed by atoms with Crippen LogP contribution in [0.3, 0.4) is 0 Å². The van der Waals surface area contributed by atoms with E-state index in [0.717, 1.165) is 19.6 Å². The highest BCUT2D eigenvalue weighted by Gasteiger charge is 2.06. The zero-order valence-corrected chi connectivity index (χ0v) is 9.81. The molecule has 13 heavy (non-hydrogen) atoms. The van der Waals surface area contributed by atoms with E-state index in [0.29, 0.717) is 6.10 Å². The summed E-state index contributed by atoms with van der Waals surface area (Å²) in [6.45, 7) is 12.7. The van der Waals surface area contributed by atoms with E-state index in [-0.39, 0.29) is 5.54 Å². The molecule has 0 unspecified atom stereocenters. The maximum Gasteiger partial charge on any atom is 0.0518 e. The van der Waals surface area contributed by atoms with E-state index in [1.807, 2.05) is 0 Å². The molecule has 0 aromatic carbocycles. The summed E-state index contributed by atoms with van der Waals surface area (Å²) in [7, 11) is 0. The van der Waals surface area contributed by atoms with Crippen LogP contribution in [-0.4, -0.2) is 24.8 Å². The van der Waals surface area contributed by atoms with Gasteiger partial charge >= 0.3 is 0 Å². The number of hydrogen-bond donors (Lipinski definition) is 1. The Morgan fingerprint density at radius 2 is 1.77 bits per heavy atom. The molecule has 0 rings (SSSR count). The van der Waals surface area contributed by atoms with Crippen molar-refractivity contribution in [2.24, 2.45) is 0 Å². The largest absolute Gasteiger partial charge is 0.379 e. The molecule has 0 radical (unpaired) electrons. The van der Waals surface area contributed by atoms with E-state index in [1.165, 1.54) is 6.42 Å². The van der Waals surface area contributed by atoms with Crippen molar-refractivity contribution >= 4 is 0 Å².